The van der Waals surface area contributed by atoms with Crippen LogP contribution in [0.2, 0.25) is 0 Å². The van der Waals surface area contributed by atoms with Crippen molar-refractivity contribution in [1.82, 2.24) is 0 Å². The topological polar surface area (TPSA) is 74.2 Å². The van der Waals surface area contributed by atoms with Crippen LogP contribution >= 0.6 is 0 Å². The molecule has 2 aromatic rings. The average Bonchev–Trinajstić information content (AvgIpc) is 3.40. The minimum Gasteiger partial charge on any atom is -0.493 e. The Morgan fingerprint density at radius 3 is 2.33 bits per heavy atom. The third-order valence-electron chi connectivity index (χ3n) is 7.77. The summed E-state index contributed by atoms with van der Waals surface area (Å²) >= 11 is 0. The Labute approximate surface area is 212 Å². The molecule has 0 aromatic heterocycles. The van der Waals surface area contributed by atoms with Gasteiger partial charge in [-0.3, -0.25) is 14.6 Å². The largest absolute Gasteiger partial charge is 0.493 e. The number of benzene rings is 2. The lowest BCUT2D eigenvalue weighted by atomic mass is 9.69. The summed E-state index contributed by atoms with van der Waals surface area (Å²) in [6.07, 6.45) is 4.94. The van der Waals surface area contributed by atoms with Gasteiger partial charge in [-0.15, -0.1) is 0 Å². The number of nitrogens with zero attached hydrogens (tertiary/aromatic N) is 1. The van der Waals surface area contributed by atoms with E-state index in [1.54, 1.807) is 14.2 Å². The first kappa shape index (κ1) is 24.3. The van der Waals surface area contributed by atoms with Crippen molar-refractivity contribution in [2.45, 2.75) is 63.4 Å². The summed E-state index contributed by atoms with van der Waals surface area (Å²) in [4.78, 5) is 32.1. The molecule has 36 heavy (non-hydrogen) atoms. The normalized spacial score (nSPS) is 24.2. The second-order valence-electron chi connectivity index (χ2n) is 9.97. The summed E-state index contributed by atoms with van der Waals surface area (Å²) in [5.74, 6) is 0.0778. The summed E-state index contributed by atoms with van der Waals surface area (Å²) < 4.78 is 16.8. The highest BCUT2D eigenvalue weighted by Gasteiger charge is 2.45. The molecule has 3 aliphatic rings. The fourth-order valence-corrected chi connectivity index (χ4v) is 5.97. The number of methoxy groups -OCH3 is 2. The fraction of sp³-hybridized carbons (Fsp3) is 0.433. The van der Waals surface area contributed by atoms with E-state index in [4.69, 9.17) is 19.2 Å². The zero-order valence-corrected chi connectivity index (χ0v) is 21.2. The smallest absolute Gasteiger partial charge is 0.315 e. The molecule has 6 nitrogen and oxygen atoms in total. The number of aliphatic imine (C=N–C) groups is 1. The van der Waals surface area contributed by atoms with Crippen molar-refractivity contribution in [3.8, 4) is 11.5 Å². The van der Waals surface area contributed by atoms with E-state index in [0.717, 1.165) is 42.5 Å². The molecule has 6 heteroatoms. The number of ether oxygens (including phenoxy) is 3. The number of Topliss-reactive ketones (excluding diaryl/α,β-unsaturated/α-hetero) is 1. The molecular weight excluding hydrogens is 454 g/mol. The second kappa shape index (κ2) is 10.3. The Morgan fingerprint density at radius 2 is 1.64 bits per heavy atom. The molecule has 1 saturated carbocycles. The van der Waals surface area contributed by atoms with E-state index in [9.17, 15) is 9.59 Å². The maximum atomic E-state index is 13.8. The monoisotopic (exact) mass is 487 g/mol. The molecule has 0 saturated heterocycles. The van der Waals surface area contributed by atoms with Crippen LogP contribution in [0.1, 0.15) is 68.4 Å². The molecule has 2 aliphatic carbocycles. The number of hydrogen-bond acceptors (Lipinski definition) is 6. The van der Waals surface area contributed by atoms with Gasteiger partial charge in [-0.25, -0.2) is 0 Å². The quantitative estimate of drug-likeness (QED) is 0.484. The number of rotatable bonds is 6. The zero-order valence-electron chi connectivity index (χ0n) is 21.2. The highest BCUT2D eigenvalue weighted by Crippen LogP contribution is 2.47. The first-order valence-electron chi connectivity index (χ1n) is 12.8. The lowest BCUT2D eigenvalue weighted by molar-refractivity contribution is -0.151. The number of allylic oxidation sites excluding steroid dienone is 2. The van der Waals surface area contributed by atoms with Gasteiger partial charge in [0.1, 0.15) is 12.0 Å². The van der Waals surface area contributed by atoms with Crippen molar-refractivity contribution in [2.75, 3.05) is 14.2 Å². The highest BCUT2D eigenvalue weighted by atomic mass is 16.5. The Kier molecular flexibility index (Phi) is 6.95. The molecule has 1 aliphatic heterocycles. The van der Waals surface area contributed by atoms with Crippen molar-refractivity contribution in [2.24, 2.45) is 10.9 Å². The van der Waals surface area contributed by atoms with Crippen LogP contribution in [0.25, 0.3) is 0 Å². The Bertz CT molecular complexity index is 1210. The van der Waals surface area contributed by atoms with Crippen LogP contribution in [0, 0.1) is 5.92 Å². The summed E-state index contributed by atoms with van der Waals surface area (Å²) in [6.45, 7) is 1.89. The van der Waals surface area contributed by atoms with Crippen molar-refractivity contribution >= 4 is 17.5 Å². The number of hydrogen-bond donors (Lipinski definition) is 0. The van der Waals surface area contributed by atoms with Crippen LogP contribution < -0.4 is 9.47 Å². The van der Waals surface area contributed by atoms with Gasteiger partial charge in [0, 0.05) is 29.3 Å². The van der Waals surface area contributed by atoms with Crippen LogP contribution in [-0.4, -0.2) is 37.8 Å². The third-order valence-corrected chi connectivity index (χ3v) is 7.77. The molecule has 3 atom stereocenters. The fourth-order valence-electron chi connectivity index (χ4n) is 5.97. The molecule has 1 fully saturated rings. The molecule has 188 valence electrons. The molecule has 2 aromatic carbocycles. The van der Waals surface area contributed by atoms with Gasteiger partial charge in [0.25, 0.3) is 0 Å². The average molecular weight is 488 g/mol. The number of carbonyl (C=O) groups is 2. The highest BCUT2D eigenvalue weighted by molar-refractivity contribution is 6.09. The Morgan fingerprint density at radius 1 is 0.917 bits per heavy atom. The molecule has 0 radical (unpaired) electrons. The van der Waals surface area contributed by atoms with Crippen LogP contribution in [0.5, 0.6) is 11.5 Å². The van der Waals surface area contributed by atoms with Gasteiger partial charge < -0.3 is 14.2 Å². The van der Waals surface area contributed by atoms with E-state index in [1.807, 2.05) is 55.5 Å². The van der Waals surface area contributed by atoms with Crippen LogP contribution in [0.15, 0.2) is 64.8 Å². The van der Waals surface area contributed by atoms with Gasteiger partial charge >= 0.3 is 5.97 Å². The van der Waals surface area contributed by atoms with Crippen molar-refractivity contribution < 1.29 is 23.8 Å². The lowest BCUT2D eigenvalue weighted by Crippen LogP contribution is -2.39. The molecule has 5 rings (SSSR count). The van der Waals surface area contributed by atoms with Gasteiger partial charge in [-0.2, -0.15) is 0 Å². The summed E-state index contributed by atoms with van der Waals surface area (Å²) in [5.41, 5.74) is 4.12. The predicted octanol–water partition coefficient (Wildman–Crippen LogP) is 5.76. The second-order valence-corrected chi connectivity index (χ2v) is 9.97. The number of ketones is 1. The Hall–Kier alpha value is -3.41. The van der Waals surface area contributed by atoms with Gasteiger partial charge in [0.15, 0.2) is 17.3 Å². The first-order valence-corrected chi connectivity index (χ1v) is 12.8. The van der Waals surface area contributed by atoms with Gasteiger partial charge in [0.2, 0.25) is 0 Å². The third kappa shape index (κ3) is 4.57. The number of esters is 1. The molecule has 3 unspecified atom stereocenters. The zero-order chi connectivity index (χ0) is 25.2. The van der Waals surface area contributed by atoms with Gasteiger partial charge in [-0.1, -0.05) is 36.4 Å². The van der Waals surface area contributed by atoms with E-state index in [2.05, 4.69) is 0 Å². The summed E-state index contributed by atoms with van der Waals surface area (Å²) in [6, 6.07) is 15.7. The maximum Gasteiger partial charge on any atom is 0.315 e. The van der Waals surface area contributed by atoms with E-state index in [-0.39, 0.29) is 29.7 Å². The minimum absolute atomic E-state index is 0.0222. The molecule has 0 spiro atoms. The van der Waals surface area contributed by atoms with E-state index >= 15 is 0 Å². The van der Waals surface area contributed by atoms with E-state index in [0.29, 0.717) is 35.6 Å². The standard InChI is InChI=1S/C30H33NO5/c1-18-27(30(33)36-22-11-7-8-12-22)28(19-9-5-4-6-10-19)29-23(31-18)15-21(16-24(29)32)20-13-14-25(34-2)26(17-20)35-3/h4-6,9-10,13-14,17,21-22,27-28H,7-8,11-12,15-16H2,1-3H3. The predicted molar refractivity (Wildman–Crippen MR) is 138 cm³/mol. The van der Waals surface area contributed by atoms with Gasteiger partial charge in [0.05, 0.1) is 14.2 Å². The first-order chi connectivity index (χ1) is 17.5. The van der Waals surface area contributed by atoms with Crippen LogP contribution in [-0.2, 0) is 14.3 Å². The SMILES string of the molecule is COc1ccc(C2CC(=O)C3=C(C2)N=C(C)C(C(=O)OC2CCCC2)C3c2ccccc2)cc1OC. The van der Waals surface area contributed by atoms with Crippen molar-refractivity contribution in [3.05, 3.63) is 70.9 Å². The molecule has 1 heterocycles. The Balaban J connectivity index is 1.51. The van der Waals surface area contributed by atoms with E-state index in [1.165, 1.54) is 0 Å². The van der Waals surface area contributed by atoms with Gasteiger partial charge in [-0.05, 0) is 68.2 Å². The van der Waals surface area contributed by atoms with Crippen molar-refractivity contribution in [3.63, 3.8) is 0 Å². The minimum atomic E-state index is -0.590. The molecular formula is C30H33NO5. The van der Waals surface area contributed by atoms with Crippen LogP contribution in [0.4, 0.5) is 0 Å². The maximum absolute atomic E-state index is 13.8. The molecule has 0 N–H and O–H groups in total. The molecule has 0 bridgehead atoms. The van der Waals surface area contributed by atoms with Crippen molar-refractivity contribution in [1.29, 1.82) is 0 Å². The van der Waals surface area contributed by atoms with Crippen LogP contribution in [0.3, 0.4) is 0 Å². The van der Waals surface area contributed by atoms with E-state index < -0.39 is 5.92 Å². The lowest BCUT2D eigenvalue weighted by Gasteiger charge is -2.37. The summed E-state index contributed by atoms with van der Waals surface area (Å²) in [5, 5.41) is 0. The molecule has 0 amide bonds. The number of carbonyl (C=O) groups excluding carboxylic acids is 2. The summed E-state index contributed by atoms with van der Waals surface area (Å²) in [7, 11) is 3.22.